The molecule has 2 aliphatic rings. The second-order valence-corrected chi connectivity index (χ2v) is 6.64. The predicted molar refractivity (Wildman–Crippen MR) is 79.5 cm³/mol. The van der Waals surface area contributed by atoms with Crippen LogP contribution in [0.2, 0.25) is 0 Å². The zero-order valence-corrected chi connectivity index (χ0v) is 12.5. The Morgan fingerprint density at radius 3 is 2.29 bits per heavy atom. The van der Waals surface area contributed by atoms with Crippen molar-refractivity contribution in [1.29, 1.82) is 0 Å². The van der Waals surface area contributed by atoms with Crippen molar-refractivity contribution in [3.63, 3.8) is 0 Å². The fourth-order valence-corrected chi connectivity index (χ4v) is 3.48. The molecule has 2 fully saturated rings. The third kappa shape index (κ3) is 3.56. The third-order valence-electron chi connectivity index (χ3n) is 5.12. The van der Waals surface area contributed by atoms with E-state index in [0.717, 1.165) is 25.2 Å². The Morgan fingerprint density at radius 2 is 1.62 bits per heavy atom. The summed E-state index contributed by atoms with van der Waals surface area (Å²) in [5.41, 5.74) is 0.505. The zero-order chi connectivity index (χ0) is 14.7. The fraction of sp³-hybridized carbons (Fsp3) is 0.667. The summed E-state index contributed by atoms with van der Waals surface area (Å²) in [6.45, 7) is 0.489. The Bertz CT molecular complexity index is 476. The molecule has 1 aromatic carbocycles. The standard InChI is InChI=1S/C18H24F2O/c19-17-15(12-14-4-1-2-5-14)8-9-16(18(17)20)21-11-10-13-6-3-7-13/h8-9,13-14H,1-7,10-12H2. The first kappa shape index (κ1) is 14.8. The van der Waals surface area contributed by atoms with Crippen LogP contribution >= 0.6 is 0 Å². The van der Waals surface area contributed by atoms with E-state index < -0.39 is 11.6 Å². The molecule has 0 unspecified atom stereocenters. The Balaban J connectivity index is 1.58. The van der Waals surface area contributed by atoms with Gasteiger partial charge in [0.15, 0.2) is 11.6 Å². The van der Waals surface area contributed by atoms with E-state index >= 15 is 0 Å². The van der Waals surface area contributed by atoms with Crippen LogP contribution in [0.15, 0.2) is 12.1 Å². The molecule has 116 valence electrons. The molecule has 0 bridgehead atoms. The maximum atomic E-state index is 14.1. The van der Waals surface area contributed by atoms with Gasteiger partial charge in [0.1, 0.15) is 0 Å². The van der Waals surface area contributed by atoms with Gasteiger partial charge >= 0.3 is 0 Å². The van der Waals surface area contributed by atoms with Crippen LogP contribution in [0.5, 0.6) is 5.75 Å². The molecule has 0 radical (unpaired) electrons. The molecule has 0 N–H and O–H groups in total. The largest absolute Gasteiger partial charge is 0.490 e. The topological polar surface area (TPSA) is 9.23 Å². The Hall–Kier alpha value is -1.12. The van der Waals surface area contributed by atoms with Gasteiger partial charge < -0.3 is 4.74 Å². The Labute approximate surface area is 125 Å². The predicted octanol–water partition coefficient (Wildman–Crippen LogP) is 5.27. The summed E-state index contributed by atoms with van der Waals surface area (Å²) in [7, 11) is 0. The lowest BCUT2D eigenvalue weighted by Gasteiger charge is -2.25. The first-order valence-electron chi connectivity index (χ1n) is 8.33. The van der Waals surface area contributed by atoms with E-state index in [1.807, 2.05) is 0 Å². The van der Waals surface area contributed by atoms with Crippen molar-refractivity contribution >= 4 is 0 Å². The van der Waals surface area contributed by atoms with Crippen LogP contribution in [0.25, 0.3) is 0 Å². The summed E-state index contributed by atoms with van der Waals surface area (Å²) >= 11 is 0. The molecule has 1 nitrogen and oxygen atoms in total. The quantitative estimate of drug-likeness (QED) is 0.694. The molecule has 0 atom stereocenters. The average Bonchev–Trinajstić information content (AvgIpc) is 2.93. The van der Waals surface area contributed by atoms with Crippen molar-refractivity contribution in [2.45, 2.75) is 57.8 Å². The minimum absolute atomic E-state index is 0.0713. The van der Waals surface area contributed by atoms with Crippen LogP contribution < -0.4 is 4.74 Å². The molecule has 3 rings (SSSR count). The van der Waals surface area contributed by atoms with Crippen LogP contribution in [-0.4, -0.2) is 6.61 Å². The average molecular weight is 294 g/mol. The minimum atomic E-state index is -0.806. The second kappa shape index (κ2) is 6.76. The first-order chi connectivity index (χ1) is 10.2. The maximum Gasteiger partial charge on any atom is 0.200 e. The molecule has 0 saturated heterocycles. The molecule has 2 aliphatic carbocycles. The van der Waals surface area contributed by atoms with Crippen molar-refractivity contribution in [3.05, 3.63) is 29.3 Å². The van der Waals surface area contributed by atoms with E-state index in [2.05, 4.69) is 0 Å². The highest BCUT2D eigenvalue weighted by Crippen LogP contribution is 2.32. The van der Waals surface area contributed by atoms with E-state index in [1.54, 1.807) is 12.1 Å². The van der Waals surface area contributed by atoms with Crippen molar-refractivity contribution in [2.75, 3.05) is 6.61 Å². The van der Waals surface area contributed by atoms with Crippen molar-refractivity contribution in [1.82, 2.24) is 0 Å². The third-order valence-corrected chi connectivity index (χ3v) is 5.12. The summed E-state index contributed by atoms with van der Waals surface area (Å²) in [6, 6.07) is 3.30. The lowest BCUT2D eigenvalue weighted by atomic mass is 9.83. The fourth-order valence-electron chi connectivity index (χ4n) is 3.48. The van der Waals surface area contributed by atoms with Crippen LogP contribution in [0, 0.1) is 23.5 Å². The molecule has 2 saturated carbocycles. The minimum Gasteiger partial charge on any atom is -0.490 e. The van der Waals surface area contributed by atoms with Gasteiger partial charge in [0, 0.05) is 0 Å². The lowest BCUT2D eigenvalue weighted by molar-refractivity contribution is 0.215. The van der Waals surface area contributed by atoms with Crippen LogP contribution in [0.4, 0.5) is 8.78 Å². The summed E-state index contributed by atoms with van der Waals surface area (Å²) in [6.07, 6.45) is 10.1. The number of hydrogen-bond acceptors (Lipinski definition) is 1. The molecule has 0 heterocycles. The zero-order valence-electron chi connectivity index (χ0n) is 12.5. The lowest BCUT2D eigenvalue weighted by Crippen LogP contribution is -2.15. The van der Waals surface area contributed by atoms with Crippen LogP contribution in [-0.2, 0) is 6.42 Å². The molecular weight excluding hydrogens is 270 g/mol. The number of benzene rings is 1. The number of ether oxygens (including phenoxy) is 1. The Morgan fingerprint density at radius 1 is 0.905 bits per heavy atom. The molecule has 0 aromatic heterocycles. The van der Waals surface area contributed by atoms with Crippen LogP contribution in [0.3, 0.4) is 0 Å². The van der Waals surface area contributed by atoms with Gasteiger partial charge in [-0.3, -0.25) is 0 Å². The number of rotatable bonds is 6. The van der Waals surface area contributed by atoms with Crippen LogP contribution in [0.1, 0.15) is 56.9 Å². The van der Waals surface area contributed by atoms with Gasteiger partial charge in [0.25, 0.3) is 0 Å². The summed E-state index contributed by atoms with van der Waals surface area (Å²) in [5, 5.41) is 0. The van der Waals surface area contributed by atoms with Gasteiger partial charge in [0.05, 0.1) is 6.61 Å². The van der Waals surface area contributed by atoms with E-state index in [9.17, 15) is 8.78 Å². The highest BCUT2D eigenvalue weighted by molar-refractivity contribution is 5.31. The van der Waals surface area contributed by atoms with Crippen molar-refractivity contribution < 1.29 is 13.5 Å². The maximum absolute atomic E-state index is 14.1. The number of halogens is 2. The van der Waals surface area contributed by atoms with E-state index in [-0.39, 0.29) is 5.75 Å². The van der Waals surface area contributed by atoms with Gasteiger partial charge in [-0.15, -0.1) is 0 Å². The van der Waals surface area contributed by atoms with Gasteiger partial charge in [-0.2, -0.15) is 4.39 Å². The molecule has 0 amide bonds. The first-order valence-corrected chi connectivity index (χ1v) is 8.33. The number of hydrogen-bond donors (Lipinski definition) is 0. The van der Waals surface area contributed by atoms with Gasteiger partial charge in [-0.05, 0) is 36.3 Å². The highest BCUT2D eigenvalue weighted by Gasteiger charge is 2.21. The Kier molecular flexibility index (Phi) is 4.77. The van der Waals surface area contributed by atoms with E-state index in [0.29, 0.717) is 24.5 Å². The highest BCUT2D eigenvalue weighted by atomic mass is 19.2. The molecule has 21 heavy (non-hydrogen) atoms. The summed E-state index contributed by atoms with van der Waals surface area (Å²) in [5.74, 6) is -0.201. The smallest absolute Gasteiger partial charge is 0.200 e. The summed E-state index contributed by atoms with van der Waals surface area (Å²) < 4.78 is 33.6. The van der Waals surface area contributed by atoms with E-state index in [1.165, 1.54) is 32.1 Å². The summed E-state index contributed by atoms with van der Waals surface area (Å²) in [4.78, 5) is 0. The van der Waals surface area contributed by atoms with Gasteiger partial charge in [0.2, 0.25) is 5.82 Å². The molecule has 1 aromatic rings. The normalized spacial score (nSPS) is 19.7. The van der Waals surface area contributed by atoms with Crippen molar-refractivity contribution in [3.8, 4) is 5.75 Å². The monoisotopic (exact) mass is 294 g/mol. The molecule has 3 heteroatoms. The van der Waals surface area contributed by atoms with Crippen molar-refractivity contribution in [2.24, 2.45) is 11.8 Å². The molecule has 0 aliphatic heterocycles. The van der Waals surface area contributed by atoms with E-state index in [4.69, 9.17) is 4.74 Å². The SMILES string of the molecule is Fc1c(CC2CCCC2)ccc(OCCC2CCC2)c1F. The second-order valence-electron chi connectivity index (χ2n) is 6.64. The van der Waals surface area contributed by atoms with Gasteiger partial charge in [-0.1, -0.05) is 51.0 Å². The molecular formula is C18H24F2O. The molecule has 0 spiro atoms. The van der Waals surface area contributed by atoms with Gasteiger partial charge in [-0.25, -0.2) is 4.39 Å².